The SMILES string of the molecule is Cc1cc(C)cc(C2(C(=O)N(C)C(C)C(=O)O)CC2)c1. The van der Waals surface area contributed by atoms with E-state index in [-0.39, 0.29) is 5.91 Å². The summed E-state index contributed by atoms with van der Waals surface area (Å²) in [6, 6.07) is 5.35. The first-order valence-electron chi connectivity index (χ1n) is 6.87. The van der Waals surface area contributed by atoms with E-state index >= 15 is 0 Å². The third kappa shape index (κ3) is 2.42. The minimum Gasteiger partial charge on any atom is -0.480 e. The Bertz CT molecular complexity index is 541. The molecule has 1 unspecified atom stereocenters. The van der Waals surface area contributed by atoms with Gasteiger partial charge in [-0.15, -0.1) is 0 Å². The van der Waals surface area contributed by atoms with E-state index < -0.39 is 17.4 Å². The Morgan fingerprint density at radius 1 is 1.20 bits per heavy atom. The van der Waals surface area contributed by atoms with Crippen molar-refractivity contribution in [1.82, 2.24) is 4.90 Å². The van der Waals surface area contributed by atoms with E-state index in [4.69, 9.17) is 5.11 Å². The minimum atomic E-state index is -0.975. The van der Waals surface area contributed by atoms with Gasteiger partial charge < -0.3 is 10.0 Å². The Morgan fingerprint density at radius 2 is 1.70 bits per heavy atom. The normalized spacial score (nSPS) is 17.4. The summed E-state index contributed by atoms with van der Waals surface area (Å²) < 4.78 is 0. The van der Waals surface area contributed by atoms with E-state index in [1.807, 2.05) is 26.0 Å². The van der Waals surface area contributed by atoms with Crippen molar-refractivity contribution in [1.29, 1.82) is 0 Å². The van der Waals surface area contributed by atoms with Gasteiger partial charge in [0.2, 0.25) is 5.91 Å². The average Bonchev–Trinajstić information content (AvgIpc) is 3.16. The number of hydrogen-bond donors (Lipinski definition) is 1. The number of carboxylic acid groups (broad SMARTS) is 1. The molecule has 1 aliphatic carbocycles. The van der Waals surface area contributed by atoms with Gasteiger partial charge in [-0.2, -0.15) is 0 Å². The Morgan fingerprint density at radius 3 is 2.10 bits per heavy atom. The van der Waals surface area contributed by atoms with Gasteiger partial charge in [-0.25, -0.2) is 4.79 Å². The molecule has 1 atom stereocenters. The number of benzene rings is 1. The molecule has 0 aromatic heterocycles. The van der Waals surface area contributed by atoms with Crippen LogP contribution in [-0.2, 0) is 15.0 Å². The molecule has 0 spiro atoms. The standard InChI is InChI=1S/C16H21NO3/c1-10-7-11(2)9-13(8-10)16(5-6-16)15(20)17(4)12(3)14(18)19/h7-9,12H,5-6H2,1-4H3,(H,18,19). The fourth-order valence-electron chi connectivity index (χ4n) is 2.68. The lowest BCUT2D eigenvalue weighted by atomic mass is 9.91. The highest BCUT2D eigenvalue weighted by atomic mass is 16.4. The average molecular weight is 275 g/mol. The van der Waals surface area contributed by atoms with Gasteiger partial charge in [0.15, 0.2) is 0 Å². The van der Waals surface area contributed by atoms with E-state index in [9.17, 15) is 9.59 Å². The molecule has 4 heteroatoms. The predicted octanol–water partition coefficient (Wildman–Crippen LogP) is 2.27. The molecule has 1 aromatic rings. The van der Waals surface area contributed by atoms with E-state index in [2.05, 4.69) is 6.07 Å². The zero-order chi connectivity index (χ0) is 15.1. The summed E-state index contributed by atoms with van der Waals surface area (Å²) in [6.45, 7) is 5.57. The zero-order valence-electron chi connectivity index (χ0n) is 12.4. The highest BCUT2D eigenvalue weighted by molar-refractivity contribution is 5.93. The van der Waals surface area contributed by atoms with E-state index in [1.54, 1.807) is 7.05 Å². The van der Waals surface area contributed by atoms with E-state index in [0.29, 0.717) is 0 Å². The molecule has 108 valence electrons. The predicted molar refractivity (Wildman–Crippen MR) is 76.7 cm³/mol. The number of aliphatic carboxylic acids is 1. The van der Waals surface area contributed by atoms with Crippen molar-refractivity contribution in [3.63, 3.8) is 0 Å². The van der Waals surface area contributed by atoms with Crippen LogP contribution in [0.25, 0.3) is 0 Å². The van der Waals surface area contributed by atoms with Gasteiger partial charge >= 0.3 is 5.97 Å². The molecule has 1 saturated carbocycles. The number of rotatable bonds is 4. The Labute approximate surface area is 119 Å². The van der Waals surface area contributed by atoms with E-state index in [1.165, 1.54) is 11.8 Å². The molecule has 0 saturated heterocycles. The van der Waals surface area contributed by atoms with Gasteiger partial charge in [0.05, 0.1) is 5.41 Å². The van der Waals surface area contributed by atoms with Crippen LogP contribution in [0.1, 0.15) is 36.5 Å². The molecule has 20 heavy (non-hydrogen) atoms. The molecule has 0 radical (unpaired) electrons. The van der Waals surface area contributed by atoms with Crippen molar-refractivity contribution in [2.45, 2.75) is 45.1 Å². The summed E-state index contributed by atoms with van der Waals surface area (Å²) in [5.41, 5.74) is 2.78. The molecule has 4 nitrogen and oxygen atoms in total. The molecular formula is C16H21NO3. The second-order valence-electron chi connectivity index (χ2n) is 5.89. The Kier molecular flexibility index (Phi) is 3.59. The quantitative estimate of drug-likeness (QED) is 0.917. The van der Waals surface area contributed by atoms with Gasteiger partial charge in [-0.1, -0.05) is 29.3 Å². The number of aryl methyl sites for hydroxylation is 2. The molecule has 2 rings (SSSR count). The van der Waals surface area contributed by atoms with Crippen LogP contribution in [0, 0.1) is 13.8 Å². The van der Waals surface area contributed by atoms with Crippen LogP contribution in [0.2, 0.25) is 0 Å². The number of likely N-dealkylation sites (N-methyl/N-ethyl adjacent to an activating group) is 1. The summed E-state index contributed by atoms with van der Waals surface area (Å²) in [4.78, 5) is 25.1. The van der Waals surface area contributed by atoms with Crippen molar-refractivity contribution < 1.29 is 14.7 Å². The fraction of sp³-hybridized carbons (Fsp3) is 0.500. The molecule has 1 aromatic carbocycles. The number of carbonyl (C=O) groups excluding carboxylic acids is 1. The van der Waals surface area contributed by atoms with Crippen molar-refractivity contribution in [2.75, 3.05) is 7.05 Å². The van der Waals surface area contributed by atoms with Gasteiger partial charge in [-0.05, 0) is 39.2 Å². The maximum Gasteiger partial charge on any atom is 0.326 e. The molecule has 0 heterocycles. The summed E-state index contributed by atoms with van der Waals surface area (Å²) >= 11 is 0. The third-order valence-electron chi connectivity index (χ3n) is 4.19. The molecule has 0 bridgehead atoms. The van der Waals surface area contributed by atoms with Crippen LogP contribution in [-0.4, -0.2) is 35.0 Å². The topological polar surface area (TPSA) is 57.6 Å². The van der Waals surface area contributed by atoms with Crippen LogP contribution < -0.4 is 0 Å². The van der Waals surface area contributed by atoms with Crippen LogP contribution in [0.4, 0.5) is 0 Å². The highest BCUT2D eigenvalue weighted by Crippen LogP contribution is 2.50. The fourth-order valence-corrected chi connectivity index (χ4v) is 2.68. The van der Waals surface area contributed by atoms with Gasteiger partial charge in [-0.3, -0.25) is 4.79 Å². The first kappa shape index (κ1) is 14.6. The van der Waals surface area contributed by atoms with Crippen molar-refractivity contribution in [3.8, 4) is 0 Å². The van der Waals surface area contributed by atoms with Crippen LogP contribution >= 0.6 is 0 Å². The third-order valence-corrected chi connectivity index (χ3v) is 4.19. The monoisotopic (exact) mass is 275 g/mol. The summed E-state index contributed by atoms with van der Waals surface area (Å²) in [6.07, 6.45) is 1.59. The number of nitrogens with zero attached hydrogens (tertiary/aromatic N) is 1. The van der Waals surface area contributed by atoms with Crippen molar-refractivity contribution >= 4 is 11.9 Å². The molecule has 1 fully saturated rings. The van der Waals surface area contributed by atoms with E-state index in [0.717, 1.165) is 29.5 Å². The van der Waals surface area contributed by atoms with Crippen LogP contribution in [0.3, 0.4) is 0 Å². The van der Waals surface area contributed by atoms with Crippen molar-refractivity contribution in [2.24, 2.45) is 0 Å². The van der Waals surface area contributed by atoms with Crippen LogP contribution in [0.5, 0.6) is 0 Å². The number of carboxylic acids is 1. The van der Waals surface area contributed by atoms with Gasteiger partial charge in [0.1, 0.15) is 6.04 Å². The smallest absolute Gasteiger partial charge is 0.326 e. The lowest BCUT2D eigenvalue weighted by Gasteiger charge is -2.27. The number of amides is 1. The second kappa shape index (κ2) is 4.93. The first-order chi connectivity index (χ1) is 9.28. The Hall–Kier alpha value is -1.84. The van der Waals surface area contributed by atoms with Gasteiger partial charge in [0, 0.05) is 7.05 Å². The van der Waals surface area contributed by atoms with Crippen LogP contribution in [0.15, 0.2) is 18.2 Å². The second-order valence-corrected chi connectivity index (χ2v) is 5.89. The molecule has 0 aliphatic heterocycles. The lowest BCUT2D eigenvalue weighted by molar-refractivity contribution is -0.149. The first-order valence-corrected chi connectivity index (χ1v) is 6.87. The summed E-state index contributed by atoms with van der Waals surface area (Å²) in [5.74, 6) is -1.06. The molecule has 1 N–H and O–H groups in total. The largest absolute Gasteiger partial charge is 0.480 e. The molecule has 1 amide bonds. The Balaban J connectivity index is 2.31. The lowest BCUT2D eigenvalue weighted by Crippen LogP contribution is -2.45. The van der Waals surface area contributed by atoms with Gasteiger partial charge in [0.25, 0.3) is 0 Å². The highest BCUT2D eigenvalue weighted by Gasteiger charge is 2.53. The van der Waals surface area contributed by atoms with Crippen molar-refractivity contribution in [3.05, 3.63) is 34.9 Å². The molecule has 1 aliphatic rings. The maximum atomic E-state index is 12.7. The minimum absolute atomic E-state index is 0.0857. The molecular weight excluding hydrogens is 254 g/mol. The maximum absolute atomic E-state index is 12.7. The summed E-state index contributed by atoms with van der Waals surface area (Å²) in [5, 5.41) is 9.05. The number of hydrogen-bond acceptors (Lipinski definition) is 2. The zero-order valence-corrected chi connectivity index (χ0v) is 12.4. The number of carbonyl (C=O) groups is 2. The summed E-state index contributed by atoms with van der Waals surface area (Å²) in [7, 11) is 1.57.